The molecule has 1 aromatic heterocycles. The van der Waals surface area contributed by atoms with Gasteiger partial charge in [0.25, 0.3) is 0 Å². The summed E-state index contributed by atoms with van der Waals surface area (Å²) in [4.78, 5) is 14.5. The smallest absolute Gasteiger partial charge is 0.193 e. The van der Waals surface area contributed by atoms with Crippen molar-refractivity contribution >= 4 is 5.96 Å². The number of aliphatic imine (C=N–C) groups is 1. The number of hydrogen-bond donors (Lipinski definition) is 2. The second-order valence-corrected chi connectivity index (χ2v) is 8.00. The summed E-state index contributed by atoms with van der Waals surface area (Å²) < 4.78 is 6.14. The first kappa shape index (κ1) is 21.1. The highest BCUT2D eigenvalue weighted by Crippen LogP contribution is 2.33. The number of rotatable bonds is 6. The lowest BCUT2D eigenvalue weighted by atomic mass is 9.89. The summed E-state index contributed by atoms with van der Waals surface area (Å²) in [6.07, 6.45) is 4.26. The van der Waals surface area contributed by atoms with E-state index in [1.165, 1.54) is 5.56 Å². The molecule has 1 saturated heterocycles. The minimum Gasteiger partial charge on any atom is -0.373 e. The molecule has 6 nitrogen and oxygen atoms in total. The van der Waals surface area contributed by atoms with Gasteiger partial charge in [0, 0.05) is 33.2 Å². The van der Waals surface area contributed by atoms with E-state index < -0.39 is 0 Å². The number of ether oxygens (including phenoxy) is 1. The quantitative estimate of drug-likeness (QED) is 0.465. The molecule has 0 bridgehead atoms. The van der Waals surface area contributed by atoms with Gasteiger partial charge in [-0.05, 0) is 24.0 Å². The molecule has 0 spiro atoms. The zero-order valence-corrected chi connectivity index (χ0v) is 18.3. The molecule has 162 valence electrons. The van der Waals surface area contributed by atoms with Crippen LogP contribution >= 0.6 is 0 Å². The number of nitrogens with zero attached hydrogens (tertiary/aromatic N) is 3. The van der Waals surface area contributed by atoms with E-state index in [0.717, 1.165) is 49.0 Å². The van der Waals surface area contributed by atoms with E-state index in [1.54, 1.807) is 0 Å². The number of guanidine groups is 1. The zero-order chi connectivity index (χ0) is 21.5. The molecule has 1 aliphatic heterocycles. The van der Waals surface area contributed by atoms with E-state index in [-0.39, 0.29) is 6.10 Å². The Hall–Kier alpha value is -3.12. The van der Waals surface area contributed by atoms with Crippen LogP contribution in [0.2, 0.25) is 0 Å². The molecule has 6 heteroatoms. The number of nitrogens with one attached hydrogen (secondary N) is 2. The van der Waals surface area contributed by atoms with Crippen molar-refractivity contribution in [3.63, 3.8) is 0 Å². The van der Waals surface area contributed by atoms with Crippen LogP contribution in [0.3, 0.4) is 0 Å². The van der Waals surface area contributed by atoms with E-state index >= 15 is 0 Å². The third-order valence-corrected chi connectivity index (χ3v) is 5.77. The molecule has 0 amide bonds. The molecule has 0 saturated carbocycles. The molecule has 2 aromatic carbocycles. The molecule has 1 fully saturated rings. The highest BCUT2D eigenvalue weighted by atomic mass is 16.5. The lowest BCUT2D eigenvalue weighted by Gasteiger charge is -2.33. The number of aromatic nitrogens is 2. The Morgan fingerprint density at radius 3 is 2.65 bits per heavy atom. The van der Waals surface area contributed by atoms with Crippen LogP contribution in [-0.2, 0) is 11.3 Å². The number of benzene rings is 2. The van der Waals surface area contributed by atoms with Gasteiger partial charge in [0.05, 0.1) is 24.5 Å². The predicted molar refractivity (Wildman–Crippen MR) is 125 cm³/mol. The highest BCUT2D eigenvalue weighted by molar-refractivity contribution is 5.79. The van der Waals surface area contributed by atoms with Crippen LogP contribution in [0.15, 0.2) is 71.9 Å². The summed E-state index contributed by atoms with van der Waals surface area (Å²) >= 11 is 0. The predicted octanol–water partition coefficient (Wildman–Crippen LogP) is 4.25. The maximum absolute atomic E-state index is 6.14. The van der Waals surface area contributed by atoms with Crippen molar-refractivity contribution in [1.29, 1.82) is 0 Å². The van der Waals surface area contributed by atoms with Gasteiger partial charge in [0.15, 0.2) is 5.96 Å². The Morgan fingerprint density at radius 1 is 1.16 bits per heavy atom. The van der Waals surface area contributed by atoms with Crippen LogP contribution in [0.4, 0.5) is 0 Å². The van der Waals surface area contributed by atoms with E-state index in [2.05, 4.69) is 61.6 Å². The highest BCUT2D eigenvalue weighted by Gasteiger charge is 2.27. The molecule has 2 atom stereocenters. The van der Waals surface area contributed by atoms with Crippen molar-refractivity contribution in [2.75, 3.05) is 27.2 Å². The Labute approximate surface area is 184 Å². The fraction of sp³-hybridized carbons (Fsp3) is 0.360. The van der Waals surface area contributed by atoms with Crippen LogP contribution in [0, 0.1) is 5.92 Å². The summed E-state index contributed by atoms with van der Waals surface area (Å²) in [6.45, 7) is 2.30. The minimum atomic E-state index is 0.129. The first-order chi connectivity index (χ1) is 15.2. The van der Waals surface area contributed by atoms with Crippen molar-refractivity contribution in [2.24, 2.45) is 10.9 Å². The van der Waals surface area contributed by atoms with E-state index in [9.17, 15) is 0 Å². The first-order valence-corrected chi connectivity index (χ1v) is 10.9. The van der Waals surface area contributed by atoms with Crippen molar-refractivity contribution in [2.45, 2.75) is 25.5 Å². The van der Waals surface area contributed by atoms with Gasteiger partial charge in [0.2, 0.25) is 0 Å². The van der Waals surface area contributed by atoms with Crippen LogP contribution < -0.4 is 5.32 Å². The third-order valence-electron chi connectivity index (χ3n) is 5.77. The summed E-state index contributed by atoms with van der Waals surface area (Å²) in [5, 5.41) is 3.55. The molecular weight excluding hydrogens is 386 g/mol. The first-order valence-electron chi connectivity index (χ1n) is 10.9. The van der Waals surface area contributed by atoms with Crippen LogP contribution in [0.1, 0.15) is 30.3 Å². The second kappa shape index (κ2) is 10.3. The Balaban J connectivity index is 1.36. The van der Waals surface area contributed by atoms with Crippen LogP contribution in [-0.4, -0.2) is 48.1 Å². The lowest BCUT2D eigenvalue weighted by molar-refractivity contribution is -0.0266. The molecule has 0 aliphatic carbocycles. The molecule has 4 rings (SSSR count). The third kappa shape index (κ3) is 5.33. The van der Waals surface area contributed by atoms with Crippen molar-refractivity contribution in [3.8, 4) is 11.3 Å². The molecule has 3 aromatic rings. The number of H-pyrrole nitrogens is 1. The van der Waals surface area contributed by atoms with Gasteiger partial charge in [-0.1, -0.05) is 60.7 Å². The Bertz CT molecular complexity index is 970. The maximum Gasteiger partial charge on any atom is 0.193 e. The number of imidazole rings is 1. The van der Waals surface area contributed by atoms with Gasteiger partial charge in [-0.2, -0.15) is 0 Å². The largest absolute Gasteiger partial charge is 0.373 e. The summed E-state index contributed by atoms with van der Waals surface area (Å²) in [7, 11) is 3.86. The van der Waals surface area contributed by atoms with Crippen LogP contribution in [0.5, 0.6) is 0 Å². The lowest BCUT2D eigenvalue weighted by Crippen LogP contribution is -2.42. The van der Waals surface area contributed by atoms with Gasteiger partial charge in [-0.25, -0.2) is 4.98 Å². The van der Waals surface area contributed by atoms with Gasteiger partial charge in [-0.3, -0.25) is 4.99 Å². The van der Waals surface area contributed by atoms with E-state index in [1.807, 2.05) is 44.6 Å². The zero-order valence-electron chi connectivity index (χ0n) is 18.3. The minimum absolute atomic E-state index is 0.129. The second-order valence-electron chi connectivity index (χ2n) is 8.00. The van der Waals surface area contributed by atoms with Crippen molar-refractivity contribution in [1.82, 2.24) is 20.2 Å². The molecule has 2 N–H and O–H groups in total. The molecule has 31 heavy (non-hydrogen) atoms. The van der Waals surface area contributed by atoms with Crippen molar-refractivity contribution < 1.29 is 4.74 Å². The van der Waals surface area contributed by atoms with Gasteiger partial charge < -0.3 is 19.9 Å². The summed E-state index contributed by atoms with van der Waals surface area (Å²) in [5.41, 5.74) is 3.41. The van der Waals surface area contributed by atoms with E-state index in [4.69, 9.17) is 4.74 Å². The molecule has 0 radical (unpaired) electrons. The normalized spacial score (nSPS) is 19.2. The molecule has 1 aliphatic rings. The molecule has 2 unspecified atom stereocenters. The SMILES string of the molecule is CN=C(NCC1CCCOC1c1ccccc1)N(C)Cc1ncc(-c2ccccc2)[nH]1. The summed E-state index contributed by atoms with van der Waals surface area (Å²) in [6, 6.07) is 20.8. The maximum atomic E-state index is 6.14. The standard InChI is InChI=1S/C25H31N5O/c1-26-25(28-16-21-14-9-15-31-24(21)20-12-7-4-8-13-20)30(2)18-23-27-17-22(29-23)19-10-5-3-6-11-19/h3-8,10-13,17,21,24H,9,14-16,18H2,1-2H3,(H,26,28)(H,27,29). The average Bonchev–Trinajstić information content (AvgIpc) is 3.29. The van der Waals surface area contributed by atoms with Gasteiger partial charge >= 0.3 is 0 Å². The fourth-order valence-corrected chi connectivity index (χ4v) is 4.18. The monoisotopic (exact) mass is 417 g/mol. The average molecular weight is 418 g/mol. The molecular formula is C25H31N5O. The summed E-state index contributed by atoms with van der Waals surface area (Å²) in [5.74, 6) is 2.18. The number of hydrogen-bond acceptors (Lipinski definition) is 3. The number of aromatic amines is 1. The van der Waals surface area contributed by atoms with E-state index in [0.29, 0.717) is 12.5 Å². The van der Waals surface area contributed by atoms with Crippen LogP contribution in [0.25, 0.3) is 11.3 Å². The van der Waals surface area contributed by atoms with Crippen molar-refractivity contribution in [3.05, 3.63) is 78.2 Å². The topological polar surface area (TPSA) is 65.5 Å². The molecule has 2 heterocycles. The Morgan fingerprint density at radius 2 is 1.90 bits per heavy atom. The van der Waals surface area contributed by atoms with Gasteiger partial charge in [-0.15, -0.1) is 0 Å². The fourth-order valence-electron chi connectivity index (χ4n) is 4.18. The van der Waals surface area contributed by atoms with Gasteiger partial charge in [0.1, 0.15) is 5.82 Å². The Kier molecular flexibility index (Phi) is 6.99.